The highest BCUT2D eigenvalue weighted by molar-refractivity contribution is 7.20. The van der Waals surface area contributed by atoms with Crippen LogP contribution in [0.25, 0.3) is 0 Å². The predicted octanol–water partition coefficient (Wildman–Crippen LogP) is 3.51. The number of hydrogen-bond donors (Lipinski definition) is 1. The minimum absolute atomic E-state index is 0.0577. The normalized spacial score (nSPS) is 10.4. The lowest BCUT2D eigenvalue weighted by atomic mass is 10.1. The summed E-state index contributed by atoms with van der Waals surface area (Å²) in [5.41, 5.74) is 1.87. The van der Waals surface area contributed by atoms with Crippen LogP contribution in [0.4, 0.5) is 5.13 Å². The third-order valence-corrected chi connectivity index (χ3v) is 4.24. The van der Waals surface area contributed by atoms with Gasteiger partial charge in [-0.3, -0.25) is 9.59 Å². The maximum atomic E-state index is 11.8. The molecule has 2 heterocycles. The van der Waals surface area contributed by atoms with E-state index in [9.17, 15) is 9.59 Å². The first-order valence-electron chi connectivity index (χ1n) is 5.10. The van der Waals surface area contributed by atoms with E-state index in [1.165, 1.54) is 22.9 Å². The number of carbonyl (C=O) groups excluding carboxylic acids is 2. The Morgan fingerprint density at radius 3 is 2.68 bits per heavy atom. The van der Waals surface area contributed by atoms with E-state index in [2.05, 4.69) is 15.5 Å². The molecule has 0 saturated heterocycles. The van der Waals surface area contributed by atoms with Crippen molar-refractivity contribution < 1.29 is 9.59 Å². The minimum atomic E-state index is -0.289. The molecule has 0 unspecified atom stereocenters. The van der Waals surface area contributed by atoms with E-state index in [0.717, 1.165) is 11.3 Å². The van der Waals surface area contributed by atoms with Crippen LogP contribution in [0.2, 0.25) is 8.67 Å². The van der Waals surface area contributed by atoms with Crippen LogP contribution in [-0.4, -0.2) is 21.9 Å². The monoisotopic (exact) mass is 335 g/mol. The summed E-state index contributed by atoms with van der Waals surface area (Å²) in [6, 6.07) is 1.51. The van der Waals surface area contributed by atoms with Crippen molar-refractivity contribution in [3.8, 4) is 0 Å². The SMILES string of the molecule is O=C(CCC(=O)c1cc(Cl)sc1Cl)Nc1nncs1. The number of Topliss-reactive ketones (excluding diaryl/α,β-unsaturated/α-hetero) is 1. The van der Waals surface area contributed by atoms with Crippen molar-refractivity contribution in [2.24, 2.45) is 0 Å². The average Bonchev–Trinajstić information content (AvgIpc) is 2.96. The molecule has 0 aromatic carbocycles. The summed E-state index contributed by atoms with van der Waals surface area (Å²) < 4.78 is 0.797. The number of ketones is 1. The summed E-state index contributed by atoms with van der Waals surface area (Å²) in [5, 5.41) is 10.2. The lowest BCUT2D eigenvalue weighted by Crippen LogP contribution is -2.13. The number of amides is 1. The molecule has 0 aliphatic rings. The molecule has 0 saturated carbocycles. The smallest absolute Gasteiger partial charge is 0.226 e. The van der Waals surface area contributed by atoms with Gasteiger partial charge in [0.05, 0.1) is 4.34 Å². The van der Waals surface area contributed by atoms with E-state index in [0.29, 0.717) is 19.4 Å². The molecule has 2 aromatic heterocycles. The zero-order chi connectivity index (χ0) is 13.8. The topological polar surface area (TPSA) is 72.0 Å². The third kappa shape index (κ3) is 3.97. The lowest BCUT2D eigenvalue weighted by Gasteiger charge is -2.00. The largest absolute Gasteiger partial charge is 0.301 e. The number of carbonyl (C=O) groups is 2. The maximum absolute atomic E-state index is 11.8. The molecule has 0 fully saturated rings. The van der Waals surface area contributed by atoms with Crippen molar-refractivity contribution >= 4 is 62.7 Å². The van der Waals surface area contributed by atoms with Gasteiger partial charge in [-0.05, 0) is 6.07 Å². The molecule has 0 bridgehead atoms. The second-order valence-corrected chi connectivity index (χ2v) is 6.57. The van der Waals surface area contributed by atoms with Crippen molar-refractivity contribution in [1.29, 1.82) is 0 Å². The van der Waals surface area contributed by atoms with Gasteiger partial charge in [-0.2, -0.15) is 0 Å². The first-order chi connectivity index (χ1) is 9.06. The van der Waals surface area contributed by atoms with E-state index >= 15 is 0 Å². The summed E-state index contributed by atoms with van der Waals surface area (Å²) in [4.78, 5) is 23.4. The number of aromatic nitrogens is 2. The van der Waals surface area contributed by atoms with Gasteiger partial charge in [0.25, 0.3) is 0 Å². The quantitative estimate of drug-likeness (QED) is 0.848. The van der Waals surface area contributed by atoms with Crippen LogP contribution >= 0.6 is 45.9 Å². The summed E-state index contributed by atoms with van der Waals surface area (Å²) in [6.07, 6.45) is 0.125. The van der Waals surface area contributed by atoms with Crippen LogP contribution < -0.4 is 5.32 Å². The van der Waals surface area contributed by atoms with Crippen molar-refractivity contribution in [2.45, 2.75) is 12.8 Å². The molecule has 1 amide bonds. The van der Waals surface area contributed by atoms with Gasteiger partial charge in [0.2, 0.25) is 11.0 Å². The molecule has 0 spiro atoms. The van der Waals surface area contributed by atoms with Gasteiger partial charge in [-0.25, -0.2) is 0 Å². The highest BCUT2D eigenvalue weighted by atomic mass is 35.5. The van der Waals surface area contributed by atoms with Crippen molar-refractivity contribution in [2.75, 3.05) is 5.32 Å². The van der Waals surface area contributed by atoms with Crippen LogP contribution in [0.5, 0.6) is 0 Å². The van der Waals surface area contributed by atoms with E-state index < -0.39 is 0 Å². The number of thiophene rings is 1. The second kappa shape index (κ2) is 6.42. The van der Waals surface area contributed by atoms with Gasteiger partial charge >= 0.3 is 0 Å². The number of rotatable bonds is 5. The summed E-state index contributed by atoms with van der Waals surface area (Å²) in [6.45, 7) is 0. The zero-order valence-electron chi connectivity index (χ0n) is 9.35. The summed E-state index contributed by atoms with van der Waals surface area (Å²) in [5.74, 6) is -0.497. The van der Waals surface area contributed by atoms with Crippen LogP contribution in [0, 0.1) is 0 Å². The Bertz CT molecular complexity index is 598. The van der Waals surface area contributed by atoms with E-state index in [-0.39, 0.29) is 24.5 Å². The van der Waals surface area contributed by atoms with E-state index in [1.807, 2.05) is 0 Å². The molecular weight excluding hydrogens is 329 g/mol. The van der Waals surface area contributed by atoms with Gasteiger partial charge in [0, 0.05) is 18.4 Å². The Kier molecular flexibility index (Phi) is 4.87. The molecule has 2 rings (SSSR count). The van der Waals surface area contributed by atoms with Gasteiger partial charge < -0.3 is 5.32 Å². The van der Waals surface area contributed by atoms with Gasteiger partial charge in [0.1, 0.15) is 9.85 Å². The Labute approximate surface area is 126 Å². The Balaban J connectivity index is 1.87. The average molecular weight is 336 g/mol. The molecule has 2 aromatic rings. The number of nitrogens with zero attached hydrogens (tertiary/aromatic N) is 2. The Hall–Kier alpha value is -1.02. The standard InChI is InChI=1S/C10H7Cl2N3O2S2/c11-7-3-5(9(12)19-7)6(16)1-2-8(17)14-10-15-13-4-18-10/h3-4H,1-2H2,(H,14,15,17). The van der Waals surface area contributed by atoms with Crippen LogP contribution in [0.15, 0.2) is 11.6 Å². The fraction of sp³-hybridized carbons (Fsp3) is 0.200. The first-order valence-corrected chi connectivity index (χ1v) is 7.55. The Morgan fingerprint density at radius 2 is 2.11 bits per heavy atom. The zero-order valence-corrected chi connectivity index (χ0v) is 12.5. The number of anilines is 1. The molecular formula is C10H7Cl2N3O2S2. The highest BCUT2D eigenvalue weighted by Crippen LogP contribution is 2.32. The number of halogens is 2. The molecule has 9 heteroatoms. The lowest BCUT2D eigenvalue weighted by molar-refractivity contribution is -0.116. The minimum Gasteiger partial charge on any atom is -0.301 e. The first kappa shape index (κ1) is 14.4. The molecule has 0 aliphatic heterocycles. The molecule has 19 heavy (non-hydrogen) atoms. The van der Waals surface area contributed by atoms with E-state index in [1.54, 1.807) is 0 Å². The highest BCUT2D eigenvalue weighted by Gasteiger charge is 2.15. The van der Waals surface area contributed by atoms with Crippen molar-refractivity contribution in [3.05, 3.63) is 25.8 Å². The summed E-state index contributed by atoms with van der Waals surface area (Å²) >= 11 is 14.0. The maximum Gasteiger partial charge on any atom is 0.226 e. The van der Waals surface area contributed by atoms with Crippen molar-refractivity contribution in [1.82, 2.24) is 10.2 Å². The molecule has 0 aliphatic carbocycles. The molecule has 0 atom stereocenters. The summed E-state index contributed by atoms with van der Waals surface area (Å²) in [7, 11) is 0. The van der Waals surface area contributed by atoms with Crippen LogP contribution in [-0.2, 0) is 4.79 Å². The Morgan fingerprint density at radius 1 is 1.32 bits per heavy atom. The van der Waals surface area contributed by atoms with Crippen molar-refractivity contribution in [3.63, 3.8) is 0 Å². The number of hydrogen-bond acceptors (Lipinski definition) is 6. The fourth-order valence-corrected chi connectivity index (χ4v) is 3.26. The number of nitrogens with one attached hydrogen (secondary N) is 1. The molecule has 1 N–H and O–H groups in total. The second-order valence-electron chi connectivity index (χ2n) is 3.45. The van der Waals surface area contributed by atoms with Crippen LogP contribution in [0.1, 0.15) is 23.2 Å². The molecule has 100 valence electrons. The van der Waals surface area contributed by atoms with Gasteiger partial charge in [0.15, 0.2) is 5.78 Å². The fourth-order valence-electron chi connectivity index (χ4n) is 1.30. The third-order valence-electron chi connectivity index (χ3n) is 2.14. The predicted molar refractivity (Wildman–Crippen MR) is 76.4 cm³/mol. The van der Waals surface area contributed by atoms with Gasteiger partial charge in [-0.15, -0.1) is 21.5 Å². The van der Waals surface area contributed by atoms with E-state index in [4.69, 9.17) is 23.2 Å². The van der Waals surface area contributed by atoms with Gasteiger partial charge in [-0.1, -0.05) is 34.5 Å². The molecule has 0 radical (unpaired) electrons. The molecule has 5 nitrogen and oxygen atoms in total. The van der Waals surface area contributed by atoms with Crippen LogP contribution in [0.3, 0.4) is 0 Å².